The van der Waals surface area contributed by atoms with Gasteiger partial charge in [0, 0.05) is 38.0 Å². The summed E-state index contributed by atoms with van der Waals surface area (Å²) in [6, 6.07) is 11.9. The zero-order chi connectivity index (χ0) is 19.4. The second-order valence-electron chi connectivity index (χ2n) is 6.78. The van der Waals surface area contributed by atoms with Crippen molar-refractivity contribution in [3.8, 4) is 5.69 Å². The van der Waals surface area contributed by atoms with Gasteiger partial charge in [0.1, 0.15) is 0 Å². The molecule has 3 heterocycles. The molecule has 2 aromatic heterocycles. The SMILES string of the molecule is O=S(=O)(NC(c1cccnc1)C1CCOCC1)c1ccc(-n2cccn2)cc1. The predicted octanol–water partition coefficient (Wildman–Crippen LogP) is 2.71. The van der Waals surface area contributed by atoms with E-state index in [1.807, 2.05) is 24.4 Å². The summed E-state index contributed by atoms with van der Waals surface area (Å²) in [4.78, 5) is 4.39. The average Bonchev–Trinajstić information content (AvgIpc) is 3.28. The molecule has 1 N–H and O–H groups in total. The Balaban J connectivity index is 1.59. The van der Waals surface area contributed by atoms with Crippen molar-refractivity contribution in [2.75, 3.05) is 13.2 Å². The van der Waals surface area contributed by atoms with Gasteiger partial charge in [-0.1, -0.05) is 6.07 Å². The molecular formula is C20H22N4O3S. The van der Waals surface area contributed by atoms with E-state index in [1.165, 1.54) is 0 Å². The molecule has 146 valence electrons. The lowest BCUT2D eigenvalue weighted by Crippen LogP contribution is -2.36. The highest BCUT2D eigenvalue weighted by molar-refractivity contribution is 7.89. The zero-order valence-corrected chi connectivity index (χ0v) is 16.1. The molecule has 4 rings (SSSR count). The molecule has 1 aliphatic rings. The maximum absolute atomic E-state index is 13.1. The number of benzene rings is 1. The summed E-state index contributed by atoms with van der Waals surface area (Å²) in [6.45, 7) is 1.28. The maximum atomic E-state index is 13.1. The van der Waals surface area contributed by atoms with Gasteiger partial charge in [-0.05, 0) is 60.7 Å². The second kappa shape index (κ2) is 8.22. The average molecular weight is 398 g/mol. The molecule has 1 saturated heterocycles. The van der Waals surface area contributed by atoms with Crippen molar-refractivity contribution in [2.45, 2.75) is 23.8 Å². The van der Waals surface area contributed by atoms with Crippen LogP contribution in [0.2, 0.25) is 0 Å². The summed E-state index contributed by atoms with van der Waals surface area (Å²) in [5.41, 5.74) is 1.67. The highest BCUT2D eigenvalue weighted by Gasteiger charge is 2.30. The van der Waals surface area contributed by atoms with Gasteiger partial charge in [0.05, 0.1) is 16.6 Å². The molecule has 7 nitrogen and oxygen atoms in total. The second-order valence-corrected chi connectivity index (χ2v) is 8.49. The minimum atomic E-state index is -3.69. The van der Waals surface area contributed by atoms with Crippen LogP contribution in [0.15, 0.2) is 72.1 Å². The molecule has 1 unspecified atom stereocenters. The van der Waals surface area contributed by atoms with Gasteiger partial charge >= 0.3 is 0 Å². The number of nitrogens with zero attached hydrogens (tertiary/aromatic N) is 3. The van der Waals surface area contributed by atoms with Crippen molar-refractivity contribution in [3.05, 3.63) is 72.8 Å². The Morgan fingerprint density at radius 2 is 1.86 bits per heavy atom. The van der Waals surface area contributed by atoms with Gasteiger partial charge in [0.15, 0.2) is 0 Å². The van der Waals surface area contributed by atoms with E-state index >= 15 is 0 Å². The first-order valence-corrected chi connectivity index (χ1v) is 10.7. The van der Waals surface area contributed by atoms with Crippen LogP contribution in [0.25, 0.3) is 5.69 Å². The molecule has 0 radical (unpaired) electrons. The van der Waals surface area contributed by atoms with E-state index in [-0.39, 0.29) is 16.9 Å². The van der Waals surface area contributed by atoms with E-state index < -0.39 is 10.0 Å². The van der Waals surface area contributed by atoms with Gasteiger partial charge in [-0.15, -0.1) is 0 Å². The summed E-state index contributed by atoms with van der Waals surface area (Å²) in [7, 11) is -3.69. The van der Waals surface area contributed by atoms with Gasteiger partial charge in [-0.3, -0.25) is 4.98 Å². The molecule has 1 atom stereocenters. The van der Waals surface area contributed by atoms with Crippen molar-refractivity contribution in [2.24, 2.45) is 5.92 Å². The fourth-order valence-corrected chi connectivity index (χ4v) is 4.77. The first kappa shape index (κ1) is 18.8. The van der Waals surface area contributed by atoms with Crippen LogP contribution < -0.4 is 4.72 Å². The Morgan fingerprint density at radius 1 is 1.07 bits per heavy atom. The van der Waals surface area contributed by atoms with Gasteiger partial charge in [-0.25, -0.2) is 17.8 Å². The quantitative estimate of drug-likeness (QED) is 0.690. The fourth-order valence-electron chi connectivity index (χ4n) is 3.48. The summed E-state index contributed by atoms with van der Waals surface area (Å²) >= 11 is 0. The Morgan fingerprint density at radius 3 is 2.50 bits per heavy atom. The number of nitrogens with one attached hydrogen (secondary N) is 1. The van der Waals surface area contributed by atoms with Crippen LogP contribution >= 0.6 is 0 Å². The lowest BCUT2D eigenvalue weighted by molar-refractivity contribution is 0.0564. The van der Waals surface area contributed by atoms with Gasteiger partial charge in [-0.2, -0.15) is 5.10 Å². The molecule has 1 aromatic carbocycles. The molecule has 0 bridgehead atoms. The van der Waals surface area contributed by atoms with Gasteiger partial charge in [0.2, 0.25) is 10.0 Å². The van der Waals surface area contributed by atoms with Crippen LogP contribution in [-0.4, -0.2) is 36.4 Å². The molecular weight excluding hydrogens is 376 g/mol. The first-order chi connectivity index (χ1) is 13.6. The lowest BCUT2D eigenvalue weighted by atomic mass is 9.88. The van der Waals surface area contributed by atoms with Crippen LogP contribution in [0.5, 0.6) is 0 Å². The van der Waals surface area contributed by atoms with Crippen molar-refractivity contribution in [1.29, 1.82) is 0 Å². The molecule has 0 saturated carbocycles. The summed E-state index contributed by atoms with van der Waals surface area (Å²) in [5.74, 6) is 0.163. The summed E-state index contributed by atoms with van der Waals surface area (Å²) < 4.78 is 36.2. The van der Waals surface area contributed by atoms with Crippen molar-refractivity contribution >= 4 is 10.0 Å². The maximum Gasteiger partial charge on any atom is 0.241 e. The lowest BCUT2D eigenvalue weighted by Gasteiger charge is -2.31. The smallest absolute Gasteiger partial charge is 0.241 e. The van der Waals surface area contributed by atoms with E-state index in [0.29, 0.717) is 13.2 Å². The highest BCUT2D eigenvalue weighted by atomic mass is 32.2. The molecule has 0 spiro atoms. The van der Waals surface area contributed by atoms with Crippen LogP contribution in [0, 0.1) is 5.92 Å². The number of aromatic nitrogens is 3. The van der Waals surface area contributed by atoms with Crippen molar-refractivity contribution in [1.82, 2.24) is 19.5 Å². The fraction of sp³-hybridized carbons (Fsp3) is 0.300. The minimum Gasteiger partial charge on any atom is -0.381 e. The van der Waals surface area contributed by atoms with Gasteiger partial charge < -0.3 is 4.74 Å². The third-order valence-electron chi connectivity index (χ3n) is 4.98. The molecule has 1 fully saturated rings. The Kier molecular flexibility index (Phi) is 5.52. The predicted molar refractivity (Wildman–Crippen MR) is 104 cm³/mol. The first-order valence-electron chi connectivity index (χ1n) is 9.23. The summed E-state index contributed by atoms with van der Waals surface area (Å²) in [5, 5.41) is 4.16. The highest BCUT2D eigenvalue weighted by Crippen LogP contribution is 2.31. The van der Waals surface area contributed by atoms with Gasteiger partial charge in [0.25, 0.3) is 0 Å². The monoisotopic (exact) mass is 398 g/mol. The molecule has 8 heteroatoms. The molecule has 0 amide bonds. The number of sulfonamides is 1. The molecule has 1 aliphatic heterocycles. The molecule has 28 heavy (non-hydrogen) atoms. The minimum absolute atomic E-state index is 0.163. The van der Waals surface area contributed by atoms with E-state index in [2.05, 4.69) is 14.8 Å². The molecule has 3 aromatic rings. The van der Waals surface area contributed by atoms with Crippen LogP contribution in [0.4, 0.5) is 0 Å². The van der Waals surface area contributed by atoms with E-state index in [4.69, 9.17) is 4.74 Å². The molecule has 0 aliphatic carbocycles. The third kappa shape index (κ3) is 4.14. The summed E-state index contributed by atoms with van der Waals surface area (Å²) in [6.07, 6.45) is 8.51. The topological polar surface area (TPSA) is 86.1 Å². The Hall–Kier alpha value is -2.55. The van der Waals surface area contributed by atoms with Crippen LogP contribution in [0.3, 0.4) is 0 Å². The number of rotatable bonds is 6. The van der Waals surface area contributed by atoms with E-state index in [1.54, 1.807) is 47.5 Å². The van der Waals surface area contributed by atoms with E-state index in [9.17, 15) is 8.42 Å². The number of ether oxygens (including phenoxy) is 1. The standard InChI is InChI=1S/C20H22N4O3S/c25-28(26,19-6-4-18(5-7-19)24-12-2-11-22-24)23-20(16-8-13-27-14-9-16)17-3-1-10-21-15-17/h1-7,10-12,15-16,20,23H,8-9,13-14H2. The van der Waals surface area contributed by atoms with Crippen molar-refractivity contribution in [3.63, 3.8) is 0 Å². The van der Waals surface area contributed by atoms with Crippen LogP contribution in [-0.2, 0) is 14.8 Å². The Bertz CT molecular complexity index is 984. The normalized spacial score (nSPS) is 16.7. The van der Waals surface area contributed by atoms with E-state index in [0.717, 1.165) is 24.1 Å². The Labute approximate surface area is 164 Å². The van der Waals surface area contributed by atoms with Crippen LogP contribution in [0.1, 0.15) is 24.4 Å². The number of pyridine rings is 1. The van der Waals surface area contributed by atoms with Crippen molar-refractivity contribution < 1.29 is 13.2 Å². The largest absolute Gasteiger partial charge is 0.381 e. The number of hydrogen-bond acceptors (Lipinski definition) is 5. The number of hydrogen-bond donors (Lipinski definition) is 1. The third-order valence-corrected chi connectivity index (χ3v) is 6.44. The zero-order valence-electron chi connectivity index (χ0n) is 15.3.